The second-order valence-corrected chi connectivity index (χ2v) is 9.83. The SMILES string of the molecule is CC(C)(C)c1ccc(S(=O)(=O)NCCC(=O)N2CCCCC2C(F)(F)F)cc1. The highest BCUT2D eigenvalue weighted by Gasteiger charge is 2.46. The van der Waals surface area contributed by atoms with Crippen molar-refractivity contribution in [2.24, 2.45) is 0 Å². The predicted molar refractivity (Wildman–Crippen MR) is 100 cm³/mol. The molecule has 28 heavy (non-hydrogen) atoms. The number of hydrogen-bond donors (Lipinski definition) is 1. The third-order valence-corrected chi connectivity index (χ3v) is 6.34. The first-order valence-electron chi connectivity index (χ1n) is 9.29. The number of alkyl halides is 3. The Morgan fingerprint density at radius 1 is 1.14 bits per heavy atom. The fraction of sp³-hybridized carbons (Fsp3) is 0.632. The molecule has 158 valence electrons. The monoisotopic (exact) mass is 420 g/mol. The van der Waals surface area contributed by atoms with Gasteiger partial charge in [0.25, 0.3) is 0 Å². The lowest BCUT2D eigenvalue weighted by molar-refractivity contribution is -0.195. The molecule has 0 saturated carbocycles. The number of sulfonamides is 1. The van der Waals surface area contributed by atoms with E-state index in [0.29, 0.717) is 12.8 Å². The summed E-state index contributed by atoms with van der Waals surface area (Å²) in [5.74, 6) is -0.687. The fourth-order valence-electron chi connectivity index (χ4n) is 3.22. The fourth-order valence-corrected chi connectivity index (χ4v) is 4.26. The van der Waals surface area contributed by atoms with E-state index in [2.05, 4.69) is 4.72 Å². The van der Waals surface area contributed by atoms with Crippen LogP contribution in [0.1, 0.15) is 52.0 Å². The van der Waals surface area contributed by atoms with E-state index < -0.39 is 28.1 Å². The minimum Gasteiger partial charge on any atom is -0.331 e. The number of halogens is 3. The molecule has 1 saturated heterocycles. The van der Waals surface area contributed by atoms with E-state index in [-0.39, 0.29) is 36.2 Å². The molecule has 9 heteroatoms. The van der Waals surface area contributed by atoms with Crippen LogP contribution in [0.5, 0.6) is 0 Å². The zero-order valence-corrected chi connectivity index (χ0v) is 17.2. The van der Waals surface area contributed by atoms with E-state index in [0.717, 1.165) is 10.5 Å². The zero-order chi connectivity index (χ0) is 21.2. The van der Waals surface area contributed by atoms with Gasteiger partial charge in [0.15, 0.2) is 0 Å². The van der Waals surface area contributed by atoms with Crippen LogP contribution in [0.3, 0.4) is 0 Å². The van der Waals surface area contributed by atoms with Crippen molar-refractivity contribution in [3.63, 3.8) is 0 Å². The highest BCUT2D eigenvalue weighted by Crippen LogP contribution is 2.32. The van der Waals surface area contributed by atoms with Gasteiger partial charge in [-0.1, -0.05) is 32.9 Å². The molecule has 0 aliphatic carbocycles. The number of amides is 1. The van der Waals surface area contributed by atoms with E-state index in [4.69, 9.17) is 0 Å². The molecule has 1 aliphatic heterocycles. The second-order valence-electron chi connectivity index (χ2n) is 8.06. The van der Waals surface area contributed by atoms with Gasteiger partial charge in [-0.05, 0) is 42.4 Å². The molecule has 1 N–H and O–H groups in total. The summed E-state index contributed by atoms with van der Waals surface area (Å²) in [6.07, 6.45) is -3.95. The quantitative estimate of drug-likeness (QED) is 0.792. The molecule has 1 atom stereocenters. The molecule has 0 spiro atoms. The van der Waals surface area contributed by atoms with E-state index in [1.165, 1.54) is 12.1 Å². The number of piperidine rings is 1. The van der Waals surface area contributed by atoms with Crippen molar-refractivity contribution in [1.29, 1.82) is 0 Å². The molecule has 5 nitrogen and oxygen atoms in total. The van der Waals surface area contributed by atoms with E-state index in [1.807, 2.05) is 20.8 Å². The Hall–Kier alpha value is -1.61. The minimum atomic E-state index is -4.47. The third-order valence-electron chi connectivity index (χ3n) is 4.86. The van der Waals surface area contributed by atoms with Crippen LogP contribution >= 0.6 is 0 Å². The molecule has 2 rings (SSSR count). The number of likely N-dealkylation sites (tertiary alicyclic amines) is 1. The van der Waals surface area contributed by atoms with Crippen molar-refractivity contribution in [2.45, 2.75) is 69.0 Å². The third kappa shape index (κ3) is 5.70. The van der Waals surface area contributed by atoms with Gasteiger partial charge in [0, 0.05) is 19.5 Å². The van der Waals surface area contributed by atoms with Crippen molar-refractivity contribution in [1.82, 2.24) is 9.62 Å². The largest absolute Gasteiger partial charge is 0.408 e. The molecular formula is C19H27F3N2O3S. The maximum absolute atomic E-state index is 13.1. The Morgan fingerprint density at radius 3 is 2.29 bits per heavy atom. The molecule has 1 fully saturated rings. The summed E-state index contributed by atoms with van der Waals surface area (Å²) in [5.41, 5.74) is 0.857. The molecule has 0 bridgehead atoms. The van der Waals surface area contributed by atoms with Crippen LogP contribution in [0.4, 0.5) is 13.2 Å². The van der Waals surface area contributed by atoms with Crippen molar-refractivity contribution >= 4 is 15.9 Å². The Labute approximate surface area is 164 Å². The Balaban J connectivity index is 1.96. The number of nitrogens with one attached hydrogen (secondary N) is 1. The van der Waals surface area contributed by atoms with Crippen LogP contribution in [0.2, 0.25) is 0 Å². The molecule has 0 radical (unpaired) electrons. The molecular weight excluding hydrogens is 393 g/mol. The topological polar surface area (TPSA) is 66.5 Å². The number of carbonyl (C=O) groups excluding carboxylic acids is 1. The number of hydrogen-bond acceptors (Lipinski definition) is 3. The van der Waals surface area contributed by atoms with Crippen LogP contribution in [-0.4, -0.2) is 44.5 Å². The van der Waals surface area contributed by atoms with Gasteiger partial charge in [-0.25, -0.2) is 13.1 Å². The maximum atomic E-state index is 13.1. The van der Waals surface area contributed by atoms with Crippen molar-refractivity contribution in [3.8, 4) is 0 Å². The average Bonchev–Trinajstić information content (AvgIpc) is 2.60. The van der Waals surface area contributed by atoms with Gasteiger partial charge in [0.1, 0.15) is 6.04 Å². The summed E-state index contributed by atoms with van der Waals surface area (Å²) in [6, 6.07) is 4.63. The predicted octanol–water partition coefficient (Wildman–Crippen LogP) is 3.60. The van der Waals surface area contributed by atoms with Gasteiger partial charge in [0.2, 0.25) is 15.9 Å². The summed E-state index contributed by atoms with van der Waals surface area (Å²) < 4.78 is 66.3. The normalized spacial score (nSPS) is 18.9. The smallest absolute Gasteiger partial charge is 0.331 e. The lowest BCUT2D eigenvalue weighted by Gasteiger charge is -2.36. The van der Waals surface area contributed by atoms with E-state index in [1.54, 1.807) is 12.1 Å². The Bertz CT molecular complexity index is 784. The highest BCUT2D eigenvalue weighted by atomic mass is 32.2. The molecule has 1 unspecified atom stereocenters. The van der Waals surface area contributed by atoms with Gasteiger partial charge in [-0.2, -0.15) is 13.2 Å². The molecule has 1 aliphatic rings. The van der Waals surface area contributed by atoms with Crippen LogP contribution < -0.4 is 4.72 Å². The number of benzene rings is 1. The summed E-state index contributed by atoms with van der Waals surface area (Å²) in [5, 5.41) is 0. The number of rotatable bonds is 5. The van der Waals surface area contributed by atoms with Gasteiger partial charge < -0.3 is 4.90 Å². The first-order chi connectivity index (χ1) is 12.8. The van der Waals surface area contributed by atoms with Gasteiger partial charge in [-0.15, -0.1) is 0 Å². The summed E-state index contributed by atoms with van der Waals surface area (Å²) >= 11 is 0. The Kier molecular flexibility index (Phi) is 6.81. The summed E-state index contributed by atoms with van der Waals surface area (Å²) in [6.45, 7) is 5.83. The van der Waals surface area contributed by atoms with E-state index in [9.17, 15) is 26.4 Å². The Morgan fingerprint density at radius 2 is 1.75 bits per heavy atom. The first kappa shape index (κ1) is 22.7. The summed E-state index contributed by atoms with van der Waals surface area (Å²) in [4.78, 5) is 13.1. The molecule has 1 amide bonds. The zero-order valence-electron chi connectivity index (χ0n) is 16.3. The molecule has 1 aromatic rings. The van der Waals surface area contributed by atoms with Gasteiger partial charge in [0.05, 0.1) is 4.90 Å². The standard InChI is InChI=1S/C19H27F3N2O3S/c1-18(2,3)14-7-9-15(10-8-14)28(26,27)23-12-11-17(25)24-13-5-4-6-16(24)19(20,21)22/h7-10,16,23H,4-6,11-13H2,1-3H3. The van der Waals surface area contributed by atoms with Crippen molar-refractivity contribution in [2.75, 3.05) is 13.1 Å². The van der Waals surface area contributed by atoms with E-state index >= 15 is 0 Å². The van der Waals surface area contributed by atoms with Crippen molar-refractivity contribution in [3.05, 3.63) is 29.8 Å². The van der Waals surface area contributed by atoms with Gasteiger partial charge in [-0.3, -0.25) is 4.79 Å². The van der Waals surface area contributed by atoms with Gasteiger partial charge >= 0.3 is 6.18 Å². The second kappa shape index (κ2) is 8.41. The van der Waals surface area contributed by atoms with Crippen LogP contribution in [0, 0.1) is 0 Å². The molecule has 1 heterocycles. The van der Waals surface area contributed by atoms with Crippen LogP contribution in [-0.2, 0) is 20.2 Å². The highest BCUT2D eigenvalue weighted by molar-refractivity contribution is 7.89. The van der Waals surface area contributed by atoms with Crippen LogP contribution in [0.25, 0.3) is 0 Å². The minimum absolute atomic E-state index is 0.0457. The number of carbonyl (C=O) groups is 1. The lowest BCUT2D eigenvalue weighted by Crippen LogP contribution is -2.51. The summed E-state index contributed by atoms with van der Waals surface area (Å²) in [7, 11) is -3.83. The maximum Gasteiger partial charge on any atom is 0.408 e. The average molecular weight is 420 g/mol. The molecule has 1 aromatic carbocycles. The first-order valence-corrected chi connectivity index (χ1v) is 10.8. The number of nitrogens with zero attached hydrogens (tertiary/aromatic N) is 1. The molecule has 0 aromatic heterocycles. The lowest BCUT2D eigenvalue weighted by atomic mass is 9.87. The van der Waals surface area contributed by atoms with Crippen LogP contribution in [0.15, 0.2) is 29.2 Å². The van der Waals surface area contributed by atoms with Crippen molar-refractivity contribution < 1.29 is 26.4 Å².